The molecule has 2 aromatic heterocycles. The lowest BCUT2D eigenvalue weighted by Gasteiger charge is -2.03. The first-order valence-corrected chi connectivity index (χ1v) is 8.54. The normalized spacial score (nSPS) is 10.6. The van der Waals surface area contributed by atoms with Gasteiger partial charge < -0.3 is 18.9 Å². The molecular formula is C20H20N2O5. The number of carbonyl (C=O) groups is 2. The van der Waals surface area contributed by atoms with Crippen molar-refractivity contribution in [1.82, 2.24) is 9.97 Å². The Hall–Kier alpha value is -3.35. The van der Waals surface area contributed by atoms with E-state index in [1.54, 1.807) is 27.0 Å². The molecule has 0 amide bonds. The van der Waals surface area contributed by atoms with E-state index in [2.05, 4.69) is 9.97 Å². The van der Waals surface area contributed by atoms with Gasteiger partial charge >= 0.3 is 11.9 Å². The fourth-order valence-corrected chi connectivity index (χ4v) is 2.78. The highest BCUT2D eigenvalue weighted by atomic mass is 16.5. The topological polar surface area (TPSA) is 94.4 Å². The van der Waals surface area contributed by atoms with Crippen LogP contribution in [0.4, 0.5) is 0 Å². The van der Waals surface area contributed by atoms with E-state index < -0.39 is 11.9 Å². The van der Waals surface area contributed by atoms with Crippen LogP contribution in [0, 0.1) is 13.8 Å². The van der Waals surface area contributed by atoms with Gasteiger partial charge in [-0.05, 0) is 26.3 Å². The van der Waals surface area contributed by atoms with Gasteiger partial charge in [-0.1, -0.05) is 30.3 Å². The Balaban J connectivity index is 1.69. The summed E-state index contributed by atoms with van der Waals surface area (Å²) in [7, 11) is 0. The Kier molecular flexibility index (Phi) is 5.40. The van der Waals surface area contributed by atoms with Gasteiger partial charge in [0, 0.05) is 11.3 Å². The third-order valence-electron chi connectivity index (χ3n) is 4.06. The molecular weight excluding hydrogens is 348 g/mol. The van der Waals surface area contributed by atoms with E-state index in [4.69, 9.17) is 13.9 Å². The maximum Gasteiger partial charge on any atom is 0.355 e. The average molecular weight is 368 g/mol. The van der Waals surface area contributed by atoms with Crippen LogP contribution in [0.25, 0.3) is 11.3 Å². The Morgan fingerprint density at radius 2 is 1.85 bits per heavy atom. The lowest BCUT2D eigenvalue weighted by Crippen LogP contribution is -2.09. The highest BCUT2D eigenvalue weighted by Gasteiger charge is 2.24. The summed E-state index contributed by atoms with van der Waals surface area (Å²) in [5, 5.41) is 0. The van der Waals surface area contributed by atoms with Crippen molar-refractivity contribution >= 4 is 11.9 Å². The lowest BCUT2D eigenvalue weighted by molar-refractivity contribution is 0.0431. The number of oxazole rings is 1. The number of benzene rings is 1. The van der Waals surface area contributed by atoms with Crippen molar-refractivity contribution in [3.63, 3.8) is 0 Å². The fourth-order valence-electron chi connectivity index (χ4n) is 2.78. The summed E-state index contributed by atoms with van der Waals surface area (Å²) >= 11 is 0. The molecule has 0 aliphatic heterocycles. The summed E-state index contributed by atoms with van der Waals surface area (Å²) in [4.78, 5) is 31.4. The van der Waals surface area contributed by atoms with Crippen LogP contribution in [0.1, 0.15) is 44.9 Å². The Bertz CT molecular complexity index is 956. The van der Waals surface area contributed by atoms with E-state index in [0.717, 1.165) is 5.56 Å². The first-order chi connectivity index (χ1) is 13.0. The number of ether oxygens (including phenoxy) is 2. The predicted molar refractivity (Wildman–Crippen MR) is 97.3 cm³/mol. The largest absolute Gasteiger partial charge is 0.462 e. The fraction of sp³-hybridized carbons (Fsp3) is 0.250. The number of rotatable bonds is 6. The molecule has 0 spiro atoms. The number of esters is 2. The quantitative estimate of drug-likeness (QED) is 0.665. The molecule has 0 saturated heterocycles. The van der Waals surface area contributed by atoms with Crippen LogP contribution in [0.2, 0.25) is 0 Å². The molecule has 0 aliphatic rings. The minimum Gasteiger partial charge on any atom is -0.462 e. The molecule has 7 heteroatoms. The zero-order valence-corrected chi connectivity index (χ0v) is 15.4. The van der Waals surface area contributed by atoms with Crippen LogP contribution >= 0.6 is 0 Å². The molecule has 3 aromatic rings. The number of carbonyl (C=O) groups excluding carboxylic acids is 2. The van der Waals surface area contributed by atoms with Gasteiger partial charge in [-0.2, -0.15) is 0 Å². The van der Waals surface area contributed by atoms with Gasteiger partial charge in [0.05, 0.1) is 18.4 Å². The van der Waals surface area contributed by atoms with Crippen molar-refractivity contribution in [2.45, 2.75) is 27.4 Å². The van der Waals surface area contributed by atoms with Crippen molar-refractivity contribution < 1.29 is 23.5 Å². The molecule has 0 aliphatic carbocycles. The first-order valence-electron chi connectivity index (χ1n) is 8.54. The maximum absolute atomic E-state index is 12.4. The molecule has 2 heterocycles. The van der Waals surface area contributed by atoms with Gasteiger partial charge in [-0.3, -0.25) is 0 Å². The number of aryl methyl sites for hydroxylation is 1. The SMILES string of the molecule is CCOC(=O)c1c(C)[nH]c(C(=O)OCc2ncc(-c3ccccc3)o2)c1C. The maximum atomic E-state index is 12.4. The number of H-pyrrole nitrogens is 1. The highest BCUT2D eigenvalue weighted by molar-refractivity contribution is 5.98. The molecule has 3 rings (SSSR count). The second-order valence-corrected chi connectivity index (χ2v) is 5.91. The molecule has 0 bridgehead atoms. The van der Waals surface area contributed by atoms with Crippen molar-refractivity contribution in [2.75, 3.05) is 6.61 Å². The zero-order chi connectivity index (χ0) is 19.4. The van der Waals surface area contributed by atoms with Crippen LogP contribution in [-0.4, -0.2) is 28.5 Å². The summed E-state index contributed by atoms with van der Waals surface area (Å²) in [5.41, 5.74) is 2.50. The molecule has 1 aromatic carbocycles. The molecule has 0 atom stereocenters. The summed E-state index contributed by atoms with van der Waals surface area (Å²) in [6.45, 7) is 5.25. The van der Waals surface area contributed by atoms with Gasteiger partial charge in [-0.25, -0.2) is 14.6 Å². The van der Waals surface area contributed by atoms with Crippen LogP contribution in [-0.2, 0) is 16.1 Å². The summed E-state index contributed by atoms with van der Waals surface area (Å²) in [6.07, 6.45) is 1.58. The molecule has 27 heavy (non-hydrogen) atoms. The molecule has 0 radical (unpaired) electrons. The monoisotopic (exact) mass is 368 g/mol. The number of aromatic nitrogens is 2. The third-order valence-corrected chi connectivity index (χ3v) is 4.06. The van der Waals surface area contributed by atoms with Crippen LogP contribution < -0.4 is 0 Å². The first kappa shape index (κ1) is 18.4. The number of nitrogens with zero attached hydrogens (tertiary/aromatic N) is 1. The van der Waals surface area contributed by atoms with E-state index in [1.165, 1.54) is 0 Å². The van der Waals surface area contributed by atoms with Crippen molar-refractivity contribution in [3.05, 3.63) is 64.9 Å². The second-order valence-electron chi connectivity index (χ2n) is 5.91. The third kappa shape index (κ3) is 3.92. The van der Waals surface area contributed by atoms with Gasteiger partial charge in [-0.15, -0.1) is 0 Å². The molecule has 1 N–H and O–H groups in total. The minimum atomic E-state index is -0.592. The summed E-state index contributed by atoms with van der Waals surface area (Å²) in [5.74, 6) is -0.180. The van der Waals surface area contributed by atoms with Crippen molar-refractivity contribution in [3.8, 4) is 11.3 Å². The summed E-state index contributed by atoms with van der Waals surface area (Å²) in [6, 6.07) is 9.51. The van der Waals surface area contributed by atoms with Gasteiger partial charge in [0.15, 0.2) is 12.4 Å². The Morgan fingerprint density at radius 3 is 2.56 bits per heavy atom. The molecule has 0 saturated carbocycles. The van der Waals surface area contributed by atoms with Crippen LogP contribution in [0.5, 0.6) is 0 Å². The molecule has 7 nitrogen and oxygen atoms in total. The number of aromatic amines is 1. The van der Waals surface area contributed by atoms with Gasteiger partial charge in [0.2, 0.25) is 5.89 Å². The number of hydrogen-bond donors (Lipinski definition) is 1. The van der Waals surface area contributed by atoms with E-state index >= 15 is 0 Å². The van der Waals surface area contributed by atoms with Crippen LogP contribution in [0.3, 0.4) is 0 Å². The van der Waals surface area contributed by atoms with Gasteiger partial charge in [0.1, 0.15) is 5.69 Å². The molecule has 0 fully saturated rings. The van der Waals surface area contributed by atoms with E-state index in [9.17, 15) is 9.59 Å². The van der Waals surface area contributed by atoms with Crippen LogP contribution in [0.15, 0.2) is 40.9 Å². The van der Waals surface area contributed by atoms with E-state index in [0.29, 0.717) is 22.6 Å². The van der Waals surface area contributed by atoms with Gasteiger partial charge in [0.25, 0.3) is 0 Å². The van der Waals surface area contributed by atoms with Crippen molar-refractivity contribution in [1.29, 1.82) is 0 Å². The molecule has 140 valence electrons. The predicted octanol–water partition coefficient (Wildman–Crippen LogP) is 3.82. The highest BCUT2D eigenvalue weighted by Crippen LogP contribution is 2.22. The average Bonchev–Trinajstić information content (AvgIpc) is 3.25. The molecule has 0 unspecified atom stereocenters. The smallest absolute Gasteiger partial charge is 0.355 e. The minimum absolute atomic E-state index is 0.113. The number of hydrogen-bond acceptors (Lipinski definition) is 6. The Morgan fingerprint density at radius 1 is 1.11 bits per heavy atom. The lowest BCUT2D eigenvalue weighted by atomic mass is 10.1. The zero-order valence-electron chi connectivity index (χ0n) is 15.4. The summed E-state index contributed by atoms with van der Waals surface area (Å²) < 4.78 is 15.9. The van der Waals surface area contributed by atoms with E-state index in [1.807, 2.05) is 30.3 Å². The Labute approximate surface area is 156 Å². The standard InChI is InChI=1S/C20H20N2O5/c1-4-25-19(23)17-12(2)18(22-13(17)3)20(24)26-11-16-21-10-15(27-16)14-8-6-5-7-9-14/h5-10,22H,4,11H2,1-3H3. The second kappa shape index (κ2) is 7.90. The van der Waals surface area contributed by atoms with E-state index in [-0.39, 0.29) is 24.8 Å². The number of nitrogens with one attached hydrogen (secondary N) is 1. The van der Waals surface area contributed by atoms with Crippen molar-refractivity contribution in [2.24, 2.45) is 0 Å².